The highest BCUT2D eigenvalue weighted by atomic mass is 16.5. The molecule has 20 heavy (non-hydrogen) atoms. The summed E-state index contributed by atoms with van der Waals surface area (Å²) in [5, 5.41) is 14.0. The van der Waals surface area contributed by atoms with Crippen LogP contribution in [0.4, 0.5) is 0 Å². The Kier molecular flexibility index (Phi) is 4.18. The minimum Gasteiger partial charge on any atom is -0.392 e. The van der Waals surface area contributed by atoms with Crippen molar-refractivity contribution in [3.8, 4) is 11.5 Å². The van der Waals surface area contributed by atoms with Gasteiger partial charge in [-0.1, -0.05) is 38.9 Å². The van der Waals surface area contributed by atoms with E-state index in [0.717, 1.165) is 17.7 Å². The molecule has 2 aromatic heterocycles. The second kappa shape index (κ2) is 5.71. The van der Waals surface area contributed by atoms with Gasteiger partial charge >= 0.3 is 0 Å². The second-order valence-electron chi connectivity index (χ2n) is 5.96. The molecule has 2 heterocycles. The molecule has 0 bridgehead atoms. The van der Waals surface area contributed by atoms with Crippen molar-refractivity contribution in [1.82, 2.24) is 15.1 Å². The summed E-state index contributed by atoms with van der Waals surface area (Å²) in [4.78, 5) is 8.66. The highest BCUT2D eigenvalue weighted by Crippen LogP contribution is 2.23. The fraction of sp³-hybridized carbons (Fsp3) is 0.533. The number of aliphatic hydroxyl groups excluding tert-OH is 1. The summed E-state index contributed by atoms with van der Waals surface area (Å²) in [7, 11) is 0. The van der Waals surface area contributed by atoms with E-state index in [2.05, 4.69) is 22.0 Å². The molecule has 108 valence electrons. The first-order valence-electron chi connectivity index (χ1n) is 6.86. The van der Waals surface area contributed by atoms with Crippen LogP contribution in [0.25, 0.3) is 11.5 Å². The fourth-order valence-electron chi connectivity index (χ4n) is 1.83. The van der Waals surface area contributed by atoms with Crippen molar-refractivity contribution in [1.29, 1.82) is 0 Å². The van der Waals surface area contributed by atoms with Crippen molar-refractivity contribution in [2.45, 2.75) is 46.6 Å². The zero-order chi connectivity index (χ0) is 14.8. The molecule has 2 aromatic rings. The smallest absolute Gasteiger partial charge is 0.229 e. The topological polar surface area (TPSA) is 72.0 Å². The van der Waals surface area contributed by atoms with Gasteiger partial charge in [0, 0.05) is 6.20 Å². The maximum absolute atomic E-state index is 10.1. The number of aromatic nitrogens is 3. The molecular weight excluding hydrogens is 254 g/mol. The molecule has 2 rings (SSSR count). The Hall–Kier alpha value is -1.75. The van der Waals surface area contributed by atoms with Crippen molar-refractivity contribution in [3.63, 3.8) is 0 Å². The summed E-state index contributed by atoms with van der Waals surface area (Å²) >= 11 is 0. The van der Waals surface area contributed by atoms with Crippen LogP contribution in [-0.4, -0.2) is 26.3 Å². The van der Waals surface area contributed by atoms with E-state index in [4.69, 9.17) is 4.52 Å². The van der Waals surface area contributed by atoms with Crippen LogP contribution in [-0.2, 0) is 12.8 Å². The molecule has 0 radical (unpaired) electrons. The van der Waals surface area contributed by atoms with Gasteiger partial charge in [-0.05, 0) is 23.5 Å². The highest BCUT2D eigenvalue weighted by Gasteiger charge is 2.25. The largest absolute Gasteiger partial charge is 0.392 e. The Balaban J connectivity index is 2.21. The van der Waals surface area contributed by atoms with E-state index in [1.54, 1.807) is 6.20 Å². The maximum atomic E-state index is 10.1. The van der Waals surface area contributed by atoms with Gasteiger partial charge in [0.2, 0.25) is 11.7 Å². The van der Waals surface area contributed by atoms with E-state index in [9.17, 15) is 5.11 Å². The molecule has 1 atom stereocenters. The molecule has 0 amide bonds. The van der Waals surface area contributed by atoms with E-state index in [1.807, 2.05) is 32.9 Å². The zero-order valence-corrected chi connectivity index (χ0v) is 12.4. The number of hydrogen-bond donors (Lipinski definition) is 1. The lowest BCUT2D eigenvalue weighted by Gasteiger charge is -2.24. The van der Waals surface area contributed by atoms with Crippen molar-refractivity contribution in [2.24, 2.45) is 5.41 Å². The van der Waals surface area contributed by atoms with Crippen molar-refractivity contribution < 1.29 is 9.63 Å². The summed E-state index contributed by atoms with van der Waals surface area (Å²) < 4.78 is 5.22. The summed E-state index contributed by atoms with van der Waals surface area (Å²) in [6.45, 7) is 7.99. The minimum absolute atomic E-state index is 0.214. The number of aliphatic hydroxyl groups is 1. The minimum atomic E-state index is -0.523. The SMILES string of the molecule is CCc1cccnc1-c1noc(CC(O)C(C)(C)C)n1. The Morgan fingerprint density at radius 1 is 1.35 bits per heavy atom. The normalized spacial score (nSPS) is 13.4. The molecule has 5 nitrogen and oxygen atoms in total. The van der Waals surface area contributed by atoms with Gasteiger partial charge in [0.15, 0.2) is 0 Å². The lowest BCUT2D eigenvalue weighted by atomic mass is 9.87. The highest BCUT2D eigenvalue weighted by molar-refractivity contribution is 5.53. The van der Waals surface area contributed by atoms with Crippen LogP contribution < -0.4 is 0 Å². The Morgan fingerprint density at radius 2 is 2.10 bits per heavy atom. The summed E-state index contributed by atoms with van der Waals surface area (Å²) in [6.07, 6.45) is 2.40. The molecular formula is C15H21N3O2. The van der Waals surface area contributed by atoms with Gasteiger partial charge in [-0.3, -0.25) is 4.98 Å². The van der Waals surface area contributed by atoms with E-state index in [-0.39, 0.29) is 5.41 Å². The van der Waals surface area contributed by atoms with E-state index >= 15 is 0 Å². The molecule has 0 fully saturated rings. The van der Waals surface area contributed by atoms with Crippen LogP contribution in [0.5, 0.6) is 0 Å². The molecule has 1 N–H and O–H groups in total. The number of pyridine rings is 1. The molecule has 1 unspecified atom stereocenters. The van der Waals surface area contributed by atoms with Gasteiger partial charge in [0.25, 0.3) is 0 Å². The zero-order valence-electron chi connectivity index (χ0n) is 12.4. The van der Waals surface area contributed by atoms with Gasteiger partial charge in [0.1, 0.15) is 5.69 Å². The summed E-state index contributed by atoms with van der Waals surface area (Å²) in [5.74, 6) is 0.925. The fourth-order valence-corrected chi connectivity index (χ4v) is 1.83. The third kappa shape index (κ3) is 3.22. The van der Waals surface area contributed by atoms with Crippen molar-refractivity contribution >= 4 is 0 Å². The van der Waals surface area contributed by atoms with E-state index < -0.39 is 6.10 Å². The number of rotatable bonds is 4. The van der Waals surface area contributed by atoms with Gasteiger partial charge < -0.3 is 9.63 Å². The first-order valence-corrected chi connectivity index (χ1v) is 6.86. The molecule has 0 saturated carbocycles. The molecule has 0 aromatic carbocycles. The first kappa shape index (κ1) is 14.7. The summed E-state index contributed by atoms with van der Waals surface area (Å²) in [5.41, 5.74) is 1.61. The monoisotopic (exact) mass is 275 g/mol. The first-order chi connectivity index (χ1) is 9.41. The molecule has 0 aliphatic heterocycles. The van der Waals surface area contributed by atoms with Gasteiger partial charge in [-0.15, -0.1) is 0 Å². The summed E-state index contributed by atoms with van der Waals surface area (Å²) in [6, 6.07) is 3.90. The lowest BCUT2D eigenvalue weighted by molar-refractivity contribution is 0.0565. The average Bonchev–Trinajstić information content (AvgIpc) is 2.86. The van der Waals surface area contributed by atoms with Gasteiger partial charge in [-0.25, -0.2) is 0 Å². The number of aryl methyl sites for hydroxylation is 1. The number of nitrogens with zero attached hydrogens (tertiary/aromatic N) is 3. The predicted molar refractivity (Wildman–Crippen MR) is 76.1 cm³/mol. The van der Waals surface area contributed by atoms with Crippen LogP contribution in [0.1, 0.15) is 39.1 Å². The third-order valence-electron chi connectivity index (χ3n) is 3.32. The van der Waals surface area contributed by atoms with Crippen LogP contribution in [0.3, 0.4) is 0 Å². The van der Waals surface area contributed by atoms with Crippen LogP contribution in [0.2, 0.25) is 0 Å². The second-order valence-corrected chi connectivity index (χ2v) is 5.96. The van der Waals surface area contributed by atoms with Gasteiger partial charge in [-0.2, -0.15) is 4.98 Å². The lowest BCUT2D eigenvalue weighted by Crippen LogP contribution is -2.28. The standard InChI is InChI=1S/C15H21N3O2/c1-5-10-7-6-8-16-13(10)14-17-12(20-18-14)9-11(19)15(2,3)4/h6-8,11,19H,5,9H2,1-4H3. The predicted octanol–water partition coefficient (Wildman–Crippen LogP) is 2.64. The van der Waals surface area contributed by atoms with E-state index in [0.29, 0.717) is 18.1 Å². The Labute approximate surface area is 119 Å². The Bertz CT molecular complexity index is 572. The molecule has 0 aliphatic carbocycles. The average molecular weight is 275 g/mol. The van der Waals surface area contributed by atoms with Crippen molar-refractivity contribution in [3.05, 3.63) is 29.8 Å². The third-order valence-corrected chi connectivity index (χ3v) is 3.32. The van der Waals surface area contributed by atoms with Crippen LogP contribution in [0, 0.1) is 5.41 Å². The number of hydrogen-bond acceptors (Lipinski definition) is 5. The molecule has 0 aliphatic rings. The molecule has 0 saturated heterocycles. The molecule has 5 heteroatoms. The van der Waals surface area contributed by atoms with Gasteiger partial charge in [0.05, 0.1) is 12.5 Å². The Morgan fingerprint density at radius 3 is 2.75 bits per heavy atom. The quantitative estimate of drug-likeness (QED) is 0.928. The van der Waals surface area contributed by atoms with E-state index in [1.165, 1.54) is 0 Å². The maximum Gasteiger partial charge on any atom is 0.229 e. The van der Waals surface area contributed by atoms with Crippen LogP contribution >= 0.6 is 0 Å². The van der Waals surface area contributed by atoms with Crippen LogP contribution in [0.15, 0.2) is 22.9 Å². The molecule has 0 spiro atoms. The van der Waals surface area contributed by atoms with Crippen molar-refractivity contribution in [2.75, 3.05) is 0 Å².